The highest BCUT2D eigenvalue weighted by atomic mass is 16.1. The minimum atomic E-state index is -0.100. The van der Waals surface area contributed by atoms with Gasteiger partial charge in [0, 0.05) is 12.1 Å². The summed E-state index contributed by atoms with van der Waals surface area (Å²) in [6.45, 7) is 0. The Balaban J connectivity index is 1.90. The molecule has 5 nitrogen and oxygen atoms in total. The summed E-state index contributed by atoms with van der Waals surface area (Å²) in [7, 11) is 0. The van der Waals surface area contributed by atoms with Gasteiger partial charge in [0.2, 0.25) is 0 Å². The Morgan fingerprint density at radius 1 is 1.50 bits per heavy atom. The zero-order valence-electron chi connectivity index (χ0n) is 7.68. The zero-order chi connectivity index (χ0) is 9.97. The van der Waals surface area contributed by atoms with Gasteiger partial charge in [-0.3, -0.25) is 4.79 Å². The van der Waals surface area contributed by atoms with Crippen molar-refractivity contribution in [2.75, 3.05) is 0 Å². The maximum absolute atomic E-state index is 11.5. The van der Waals surface area contributed by atoms with Crippen LogP contribution in [-0.4, -0.2) is 28.2 Å². The predicted octanol–water partition coefficient (Wildman–Crippen LogP) is -0.304. The summed E-state index contributed by atoms with van der Waals surface area (Å²) in [6, 6.07) is 2.11. The molecule has 1 amide bonds. The van der Waals surface area contributed by atoms with E-state index in [1.807, 2.05) is 0 Å². The van der Waals surface area contributed by atoms with Crippen molar-refractivity contribution < 1.29 is 4.79 Å². The van der Waals surface area contributed by atoms with E-state index in [0.717, 1.165) is 12.8 Å². The van der Waals surface area contributed by atoms with Crippen molar-refractivity contribution in [1.29, 1.82) is 0 Å². The molecule has 5 heteroatoms. The van der Waals surface area contributed by atoms with Crippen LogP contribution in [0.2, 0.25) is 0 Å². The van der Waals surface area contributed by atoms with Crippen LogP contribution < -0.4 is 11.1 Å². The van der Waals surface area contributed by atoms with Gasteiger partial charge in [-0.1, -0.05) is 0 Å². The lowest BCUT2D eigenvalue weighted by atomic mass is 9.87. The van der Waals surface area contributed by atoms with E-state index in [2.05, 4.69) is 15.5 Å². The number of nitrogens with one attached hydrogen (secondary N) is 1. The highest BCUT2D eigenvalue weighted by molar-refractivity contribution is 5.93. The average Bonchev–Trinajstić information content (AvgIpc) is 2.17. The molecule has 1 heterocycles. The summed E-state index contributed by atoms with van der Waals surface area (Å²) in [4.78, 5) is 11.5. The molecule has 3 N–H and O–H groups in total. The number of carbonyl (C=O) groups excluding carboxylic acids is 1. The number of nitrogens with two attached hydrogens (primary N) is 1. The van der Waals surface area contributed by atoms with Crippen molar-refractivity contribution in [3.63, 3.8) is 0 Å². The van der Waals surface area contributed by atoms with Gasteiger partial charge >= 0.3 is 0 Å². The van der Waals surface area contributed by atoms with Gasteiger partial charge in [-0.25, -0.2) is 0 Å². The quantitative estimate of drug-likeness (QED) is 0.674. The first-order valence-electron chi connectivity index (χ1n) is 4.59. The van der Waals surface area contributed by atoms with E-state index in [4.69, 9.17) is 5.73 Å². The number of rotatable bonds is 2. The zero-order valence-corrected chi connectivity index (χ0v) is 7.68. The van der Waals surface area contributed by atoms with Crippen molar-refractivity contribution in [1.82, 2.24) is 15.5 Å². The van der Waals surface area contributed by atoms with Gasteiger partial charge in [-0.05, 0) is 18.9 Å². The van der Waals surface area contributed by atoms with Gasteiger partial charge in [0.25, 0.3) is 5.91 Å². The van der Waals surface area contributed by atoms with E-state index >= 15 is 0 Å². The van der Waals surface area contributed by atoms with Crippen LogP contribution in [0, 0.1) is 0 Å². The first-order valence-corrected chi connectivity index (χ1v) is 4.59. The Kier molecular flexibility index (Phi) is 2.41. The molecule has 0 bridgehead atoms. The van der Waals surface area contributed by atoms with Crippen LogP contribution in [-0.2, 0) is 0 Å². The highest BCUT2D eigenvalue weighted by Crippen LogP contribution is 2.17. The number of nitrogens with zero attached hydrogens (tertiary/aromatic N) is 2. The second kappa shape index (κ2) is 3.71. The van der Waals surface area contributed by atoms with Crippen LogP contribution in [0.5, 0.6) is 0 Å². The van der Waals surface area contributed by atoms with Crippen LogP contribution in [0.4, 0.5) is 0 Å². The molecule has 0 unspecified atom stereocenters. The molecule has 0 aliphatic heterocycles. The van der Waals surface area contributed by atoms with Crippen molar-refractivity contribution in [2.45, 2.75) is 24.9 Å². The summed E-state index contributed by atoms with van der Waals surface area (Å²) in [5, 5.41) is 10.1. The lowest BCUT2D eigenvalue weighted by Crippen LogP contribution is -2.50. The summed E-state index contributed by atoms with van der Waals surface area (Å²) in [5.74, 6) is -0.100. The highest BCUT2D eigenvalue weighted by Gasteiger charge is 2.27. The second-order valence-corrected chi connectivity index (χ2v) is 3.53. The van der Waals surface area contributed by atoms with Crippen LogP contribution in [0.25, 0.3) is 0 Å². The van der Waals surface area contributed by atoms with Crippen LogP contribution in [0.15, 0.2) is 18.5 Å². The lowest BCUT2D eigenvalue weighted by molar-refractivity contribution is 0.0909. The smallest absolute Gasteiger partial charge is 0.253 e. The molecule has 0 aromatic carbocycles. The summed E-state index contributed by atoms with van der Waals surface area (Å²) in [5.41, 5.74) is 6.15. The molecular weight excluding hydrogens is 180 g/mol. The monoisotopic (exact) mass is 192 g/mol. The fraction of sp³-hybridized carbons (Fsp3) is 0.444. The predicted molar refractivity (Wildman–Crippen MR) is 50.5 cm³/mol. The first kappa shape index (κ1) is 9.08. The molecule has 2 rings (SSSR count). The topological polar surface area (TPSA) is 80.9 Å². The summed E-state index contributed by atoms with van der Waals surface area (Å²) in [6.07, 6.45) is 4.68. The van der Waals surface area contributed by atoms with Crippen LogP contribution >= 0.6 is 0 Å². The van der Waals surface area contributed by atoms with Gasteiger partial charge in [-0.15, -0.1) is 0 Å². The van der Waals surface area contributed by atoms with E-state index in [0.29, 0.717) is 5.56 Å². The number of hydrogen-bond acceptors (Lipinski definition) is 4. The molecule has 14 heavy (non-hydrogen) atoms. The van der Waals surface area contributed by atoms with Gasteiger partial charge in [0.15, 0.2) is 0 Å². The number of aromatic nitrogens is 2. The Labute approximate surface area is 81.7 Å². The second-order valence-electron chi connectivity index (χ2n) is 3.53. The molecule has 1 saturated carbocycles. The SMILES string of the molecule is NC1CC(NC(=O)c2ccnnc2)C1. The van der Waals surface area contributed by atoms with Crippen LogP contribution in [0.3, 0.4) is 0 Å². The third-order valence-electron chi connectivity index (χ3n) is 2.36. The average molecular weight is 192 g/mol. The molecule has 74 valence electrons. The molecule has 1 aromatic heterocycles. The number of amides is 1. The Bertz CT molecular complexity index is 321. The third-order valence-corrected chi connectivity index (χ3v) is 2.36. The Hall–Kier alpha value is -1.49. The Morgan fingerprint density at radius 3 is 2.86 bits per heavy atom. The van der Waals surface area contributed by atoms with E-state index in [-0.39, 0.29) is 18.0 Å². The molecule has 1 aromatic rings. The number of carbonyl (C=O) groups is 1. The summed E-state index contributed by atoms with van der Waals surface area (Å²) < 4.78 is 0. The van der Waals surface area contributed by atoms with Gasteiger partial charge in [0.05, 0.1) is 18.0 Å². The van der Waals surface area contributed by atoms with E-state index < -0.39 is 0 Å². The standard InChI is InChI=1S/C9H12N4O/c10-7-3-8(4-7)13-9(14)6-1-2-11-12-5-6/h1-2,5,7-8H,3-4,10H2,(H,13,14). The molecule has 1 aliphatic rings. The van der Waals surface area contributed by atoms with Crippen molar-refractivity contribution in [3.8, 4) is 0 Å². The third kappa shape index (κ3) is 1.88. The lowest BCUT2D eigenvalue weighted by Gasteiger charge is -2.32. The molecule has 0 saturated heterocycles. The molecular formula is C9H12N4O. The fourth-order valence-electron chi connectivity index (χ4n) is 1.47. The molecule has 1 aliphatic carbocycles. The normalized spacial score (nSPS) is 25.2. The Morgan fingerprint density at radius 2 is 2.29 bits per heavy atom. The van der Waals surface area contributed by atoms with Gasteiger partial charge < -0.3 is 11.1 Å². The van der Waals surface area contributed by atoms with Crippen molar-refractivity contribution in [3.05, 3.63) is 24.0 Å². The van der Waals surface area contributed by atoms with Crippen molar-refractivity contribution in [2.24, 2.45) is 5.73 Å². The maximum Gasteiger partial charge on any atom is 0.253 e. The molecule has 0 spiro atoms. The largest absolute Gasteiger partial charge is 0.349 e. The van der Waals surface area contributed by atoms with Gasteiger partial charge in [-0.2, -0.15) is 10.2 Å². The van der Waals surface area contributed by atoms with Crippen LogP contribution in [0.1, 0.15) is 23.2 Å². The number of hydrogen-bond donors (Lipinski definition) is 2. The van der Waals surface area contributed by atoms with E-state index in [1.54, 1.807) is 6.07 Å². The minimum Gasteiger partial charge on any atom is -0.349 e. The van der Waals surface area contributed by atoms with Gasteiger partial charge in [0.1, 0.15) is 0 Å². The fourth-order valence-corrected chi connectivity index (χ4v) is 1.47. The van der Waals surface area contributed by atoms with E-state index in [1.165, 1.54) is 12.4 Å². The first-order chi connectivity index (χ1) is 6.75. The minimum absolute atomic E-state index is 0.100. The molecule has 1 fully saturated rings. The molecule has 0 atom stereocenters. The van der Waals surface area contributed by atoms with E-state index in [9.17, 15) is 4.79 Å². The molecule has 0 radical (unpaired) electrons. The summed E-state index contributed by atoms with van der Waals surface area (Å²) >= 11 is 0. The maximum atomic E-state index is 11.5. The van der Waals surface area contributed by atoms with Crippen molar-refractivity contribution >= 4 is 5.91 Å².